The fourth-order valence-electron chi connectivity index (χ4n) is 2.98. The topological polar surface area (TPSA) is 0 Å². The first-order chi connectivity index (χ1) is 8.79. The molecule has 0 unspecified atom stereocenters. The van der Waals surface area contributed by atoms with Crippen LogP contribution in [0.3, 0.4) is 0 Å². The zero-order chi connectivity index (χ0) is 13.3. The van der Waals surface area contributed by atoms with E-state index in [9.17, 15) is 0 Å². The molecule has 0 amide bonds. The zero-order valence-electron chi connectivity index (χ0n) is 12.6. The first-order valence-corrected chi connectivity index (χ1v) is 15.4. The average Bonchev–Trinajstić information content (AvgIpc) is 2.93. The van der Waals surface area contributed by atoms with Gasteiger partial charge in [0.2, 0.25) is 0 Å². The molecule has 0 spiro atoms. The van der Waals surface area contributed by atoms with Gasteiger partial charge in [-0.3, -0.25) is 0 Å². The summed E-state index contributed by atoms with van der Waals surface area (Å²) < 4.78 is 6.38. The van der Waals surface area contributed by atoms with Crippen molar-refractivity contribution in [3.8, 4) is 0 Å². The van der Waals surface area contributed by atoms with Gasteiger partial charge in [-0.15, -0.1) is 0 Å². The minimum absolute atomic E-state index is 1.36. The van der Waals surface area contributed by atoms with Crippen molar-refractivity contribution in [1.29, 1.82) is 0 Å². The quantitative estimate of drug-likeness (QED) is 0.332. The molecule has 18 heavy (non-hydrogen) atoms. The van der Waals surface area contributed by atoms with Crippen molar-refractivity contribution in [2.75, 3.05) is 0 Å². The number of rotatable bonds is 10. The Hall–Kier alpha value is 0.0587. The molecular weight excluding hydrogens is 323 g/mol. The average molecular weight is 353 g/mol. The molecule has 0 aromatic rings. The molecule has 0 aromatic heterocycles. The number of allylic oxidation sites excluding steroid dienone is 3. The second-order valence-corrected chi connectivity index (χ2v) is 18.8. The molecule has 0 bridgehead atoms. The third-order valence-electron chi connectivity index (χ3n) is 4.20. The Labute approximate surface area is 118 Å². The van der Waals surface area contributed by atoms with Crippen LogP contribution in [0.1, 0.15) is 59.3 Å². The van der Waals surface area contributed by atoms with E-state index in [4.69, 9.17) is 0 Å². The van der Waals surface area contributed by atoms with Crippen molar-refractivity contribution >= 4 is 18.4 Å². The Morgan fingerprint density at radius 2 is 1.39 bits per heavy atom. The Bertz CT molecular complexity index is 297. The molecule has 102 valence electrons. The van der Waals surface area contributed by atoms with Crippen LogP contribution in [0.4, 0.5) is 0 Å². The molecule has 0 heterocycles. The van der Waals surface area contributed by atoms with E-state index >= 15 is 0 Å². The van der Waals surface area contributed by atoms with E-state index in [1.807, 2.05) is 0 Å². The molecule has 1 rings (SSSR count). The predicted molar refractivity (Wildman–Crippen MR) is 85.6 cm³/mol. The molecule has 1 heteroatoms. The molecule has 0 aliphatic heterocycles. The molecule has 0 N–H and O–H groups in total. The summed E-state index contributed by atoms with van der Waals surface area (Å²) in [4.78, 5) is 0. The van der Waals surface area contributed by atoms with E-state index in [0.29, 0.717) is 0 Å². The zero-order valence-corrected chi connectivity index (χ0v) is 15.5. The van der Waals surface area contributed by atoms with Crippen molar-refractivity contribution < 1.29 is 0 Å². The Morgan fingerprint density at radius 1 is 0.889 bits per heavy atom. The molecule has 1 aliphatic carbocycles. The molecule has 0 radical (unpaired) electrons. The summed E-state index contributed by atoms with van der Waals surface area (Å²) in [7, 11) is 0. The van der Waals surface area contributed by atoms with Gasteiger partial charge >= 0.3 is 119 Å². The maximum atomic E-state index is 3.60. The maximum absolute atomic E-state index is 3.60. The Balaban J connectivity index is 2.84. The second kappa shape index (κ2) is 9.04. The minimum atomic E-state index is -2.09. The first-order valence-electron chi connectivity index (χ1n) is 7.93. The number of unbranched alkanes of at least 4 members (excludes halogenated alkanes) is 3. The van der Waals surface area contributed by atoms with Gasteiger partial charge in [0.05, 0.1) is 0 Å². The van der Waals surface area contributed by atoms with Crippen LogP contribution in [0.25, 0.3) is 0 Å². The molecule has 0 atom stereocenters. The molecular formula is C17H30Sn. The Morgan fingerprint density at radius 3 is 1.72 bits per heavy atom. The summed E-state index contributed by atoms with van der Waals surface area (Å²) in [6.45, 7) is 7.01. The first kappa shape index (κ1) is 16.1. The van der Waals surface area contributed by atoms with E-state index in [2.05, 4.69) is 44.7 Å². The summed E-state index contributed by atoms with van der Waals surface area (Å²) in [6, 6.07) is 0. The van der Waals surface area contributed by atoms with Gasteiger partial charge in [-0.05, 0) is 0 Å². The van der Waals surface area contributed by atoms with Gasteiger partial charge in [0.1, 0.15) is 0 Å². The third kappa shape index (κ3) is 4.63. The van der Waals surface area contributed by atoms with Crippen LogP contribution in [0.2, 0.25) is 13.3 Å². The summed E-state index contributed by atoms with van der Waals surface area (Å²) in [5, 5.41) is 0. The predicted octanol–water partition coefficient (Wildman–Crippen LogP) is 6.03. The fourth-order valence-corrected chi connectivity index (χ4v) is 18.6. The van der Waals surface area contributed by atoms with Crippen molar-refractivity contribution in [1.82, 2.24) is 0 Å². The van der Waals surface area contributed by atoms with Crippen molar-refractivity contribution in [2.45, 2.75) is 72.6 Å². The standard InChI is InChI=1S/C5H3.3C4H9.Sn/c1-2-4-5-3-1;3*1-3-4-2;/h1-3H;3*1,3-4H2,2H3;. The molecule has 0 saturated heterocycles. The number of hydrogen-bond acceptors (Lipinski definition) is 0. The third-order valence-corrected chi connectivity index (χ3v) is 19.6. The van der Waals surface area contributed by atoms with Gasteiger partial charge in [-0.2, -0.15) is 0 Å². The fraction of sp³-hybridized carbons (Fsp3) is 0.706. The van der Waals surface area contributed by atoms with Gasteiger partial charge in [0.15, 0.2) is 0 Å². The number of hydrogen-bond donors (Lipinski definition) is 0. The van der Waals surface area contributed by atoms with Gasteiger partial charge in [0.25, 0.3) is 0 Å². The summed E-state index contributed by atoms with van der Waals surface area (Å²) in [5.41, 5.74) is 3.60. The molecule has 0 fully saturated rings. The van der Waals surface area contributed by atoms with Crippen molar-refractivity contribution in [3.05, 3.63) is 27.5 Å². The SMILES string of the molecule is CCC[CH2][Sn]([CH2]CCC)([CH2]CCC)[C]1=C=CC=C1. The summed E-state index contributed by atoms with van der Waals surface area (Å²) in [6.07, 6.45) is 15.2. The van der Waals surface area contributed by atoms with Crippen LogP contribution in [-0.4, -0.2) is 18.4 Å². The molecule has 0 nitrogen and oxygen atoms in total. The van der Waals surface area contributed by atoms with E-state index < -0.39 is 18.4 Å². The van der Waals surface area contributed by atoms with Gasteiger partial charge in [-0.1, -0.05) is 0 Å². The molecule has 1 aliphatic rings. The second-order valence-electron chi connectivity index (χ2n) is 5.67. The van der Waals surface area contributed by atoms with Gasteiger partial charge < -0.3 is 0 Å². The summed E-state index contributed by atoms with van der Waals surface area (Å²) in [5.74, 6) is 0. The van der Waals surface area contributed by atoms with E-state index in [-0.39, 0.29) is 0 Å². The van der Waals surface area contributed by atoms with E-state index in [0.717, 1.165) is 0 Å². The van der Waals surface area contributed by atoms with Crippen LogP contribution in [0.15, 0.2) is 27.5 Å². The van der Waals surface area contributed by atoms with E-state index in [1.54, 1.807) is 16.9 Å². The normalized spacial score (nSPS) is 14.3. The van der Waals surface area contributed by atoms with Crippen molar-refractivity contribution in [3.63, 3.8) is 0 Å². The van der Waals surface area contributed by atoms with Crippen LogP contribution >= 0.6 is 0 Å². The van der Waals surface area contributed by atoms with Gasteiger partial charge in [0, 0.05) is 0 Å². The van der Waals surface area contributed by atoms with Crippen LogP contribution in [0.5, 0.6) is 0 Å². The Kier molecular flexibility index (Phi) is 8.09. The molecule has 0 saturated carbocycles. The summed E-state index contributed by atoms with van der Waals surface area (Å²) >= 11 is -2.09. The van der Waals surface area contributed by atoms with E-state index in [1.165, 1.54) is 38.5 Å². The van der Waals surface area contributed by atoms with Crippen LogP contribution in [-0.2, 0) is 0 Å². The van der Waals surface area contributed by atoms with Crippen molar-refractivity contribution in [2.24, 2.45) is 0 Å². The monoisotopic (exact) mass is 354 g/mol. The van der Waals surface area contributed by atoms with Crippen LogP contribution < -0.4 is 0 Å². The van der Waals surface area contributed by atoms with Crippen LogP contribution in [0, 0.1) is 0 Å². The molecule has 0 aromatic carbocycles. The van der Waals surface area contributed by atoms with Gasteiger partial charge in [-0.25, -0.2) is 0 Å².